The van der Waals surface area contributed by atoms with Crippen LogP contribution < -0.4 is 10.6 Å². The number of rotatable bonds is 12. The standard InChI is InChI=1S/C19H42N4O.HI/c1-8-20-18(22-16-17(24-7)19(2,3)4)21-14-12-10-9-11-13-15-23(5)6;/h17H,8-16H2,1-7H3,(H2,20,21,22);1H. The van der Waals surface area contributed by atoms with Gasteiger partial charge in [-0.2, -0.15) is 0 Å². The topological polar surface area (TPSA) is 48.9 Å². The fourth-order valence-corrected chi connectivity index (χ4v) is 2.51. The number of halogens is 1. The molecule has 2 N–H and O–H groups in total. The summed E-state index contributed by atoms with van der Waals surface area (Å²) in [4.78, 5) is 6.94. The van der Waals surface area contributed by atoms with Gasteiger partial charge in [-0.1, -0.05) is 40.0 Å². The zero-order chi connectivity index (χ0) is 18.4. The minimum absolute atomic E-state index is 0. The van der Waals surface area contributed by atoms with E-state index in [2.05, 4.69) is 62.3 Å². The predicted molar refractivity (Wildman–Crippen MR) is 121 cm³/mol. The van der Waals surface area contributed by atoms with Crippen molar-refractivity contribution in [3.05, 3.63) is 0 Å². The summed E-state index contributed by atoms with van der Waals surface area (Å²) in [5.41, 5.74) is 0.0993. The number of nitrogens with zero attached hydrogens (tertiary/aromatic N) is 2. The lowest BCUT2D eigenvalue weighted by atomic mass is 9.89. The van der Waals surface area contributed by atoms with Gasteiger partial charge < -0.3 is 20.3 Å². The lowest BCUT2D eigenvalue weighted by molar-refractivity contribution is 0.0241. The molecule has 0 aliphatic heterocycles. The van der Waals surface area contributed by atoms with E-state index in [1.54, 1.807) is 7.11 Å². The number of nitrogens with one attached hydrogen (secondary N) is 2. The van der Waals surface area contributed by atoms with Gasteiger partial charge in [0.25, 0.3) is 0 Å². The summed E-state index contributed by atoms with van der Waals surface area (Å²) in [6.45, 7) is 12.4. The number of unbranched alkanes of at least 4 members (excludes halogenated alkanes) is 4. The number of methoxy groups -OCH3 is 1. The molecule has 0 saturated carbocycles. The molecule has 0 saturated heterocycles. The lowest BCUT2D eigenvalue weighted by Crippen LogP contribution is -2.39. The second-order valence-electron chi connectivity index (χ2n) is 7.81. The Bertz CT molecular complexity index is 330. The van der Waals surface area contributed by atoms with Gasteiger partial charge in [-0.15, -0.1) is 24.0 Å². The number of hydrogen-bond donors (Lipinski definition) is 2. The number of aliphatic imine (C=N–C) groups is 1. The van der Waals surface area contributed by atoms with Crippen LogP contribution in [0.2, 0.25) is 0 Å². The molecule has 0 amide bonds. The second-order valence-corrected chi connectivity index (χ2v) is 7.81. The number of guanidine groups is 1. The number of hydrogen-bond acceptors (Lipinski definition) is 3. The zero-order valence-corrected chi connectivity index (χ0v) is 20.0. The molecule has 0 aliphatic rings. The molecule has 0 heterocycles. The molecular formula is C19H43IN4O. The normalized spacial score (nSPS) is 13.5. The smallest absolute Gasteiger partial charge is 0.191 e. The molecule has 1 atom stereocenters. The Morgan fingerprint density at radius 3 is 2.16 bits per heavy atom. The maximum Gasteiger partial charge on any atom is 0.191 e. The third-order valence-corrected chi connectivity index (χ3v) is 4.08. The summed E-state index contributed by atoms with van der Waals surface area (Å²) in [6, 6.07) is 0. The summed E-state index contributed by atoms with van der Waals surface area (Å²) in [6.07, 6.45) is 6.55. The van der Waals surface area contributed by atoms with Crippen LogP contribution in [0, 0.1) is 5.41 Å². The van der Waals surface area contributed by atoms with Crippen LogP contribution in [0.1, 0.15) is 59.8 Å². The Kier molecular flexibility index (Phi) is 17.5. The Labute approximate surface area is 173 Å². The van der Waals surface area contributed by atoms with E-state index in [0.29, 0.717) is 6.54 Å². The molecule has 25 heavy (non-hydrogen) atoms. The fourth-order valence-electron chi connectivity index (χ4n) is 2.51. The van der Waals surface area contributed by atoms with E-state index in [0.717, 1.165) is 19.0 Å². The monoisotopic (exact) mass is 470 g/mol. The molecule has 0 aliphatic carbocycles. The maximum atomic E-state index is 5.57. The minimum Gasteiger partial charge on any atom is -0.379 e. The first-order chi connectivity index (χ1) is 11.3. The SMILES string of the molecule is CCNC(=NCC(OC)C(C)(C)C)NCCCCCCCN(C)C.I. The van der Waals surface area contributed by atoms with Crippen molar-refractivity contribution in [3.63, 3.8) is 0 Å². The van der Waals surface area contributed by atoms with Crippen molar-refractivity contribution in [2.45, 2.75) is 65.9 Å². The first-order valence-electron chi connectivity index (χ1n) is 9.51. The molecule has 0 aromatic heterocycles. The average Bonchev–Trinajstić information content (AvgIpc) is 2.48. The summed E-state index contributed by atoms with van der Waals surface area (Å²) in [7, 11) is 6.04. The van der Waals surface area contributed by atoms with Crippen LogP contribution >= 0.6 is 24.0 Å². The first-order valence-corrected chi connectivity index (χ1v) is 9.51. The minimum atomic E-state index is 0. The van der Waals surface area contributed by atoms with Gasteiger partial charge in [0, 0.05) is 20.2 Å². The maximum absolute atomic E-state index is 5.57. The van der Waals surface area contributed by atoms with E-state index in [9.17, 15) is 0 Å². The zero-order valence-electron chi connectivity index (χ0n) is 17.7. The predicted octanol–water partition coefficient (Wildman–Crippen LogP) is 3.73. The van der Waals surface area contributed by atoms with Crippen LogP contribution in [0.5, 0.6) is 0 Å². The van der Waals surface area contributed by atoms with E-state index >= 15 is 0 Å². The summed E-state index contributed by atoms with van der Waals surface area (Å²) >= 11 is 0. The van der Waals surface area contributed by atoms with Crippen molar-refractivity contribution in [2.24, 2.45) is 10.4 Å². The largest absolute Gasteiger partial charge is 0.379 e. The van der Waals surface area contributed by atoms with Gasteiger partial charge in [0.2, 0.25) is 0 Å². The van der Waals surface area contributed by atoms with E-state index in [1.807, 2.05) is 0 Å². The molecule has 152 valence electrons. The molecule has 0 fully saturated rings. The third-order valence-electron chi connectivity index (χ3n) is 4.08. The average molecular weight is 470 g/mol. The molecule has 1 unspecified atom stereocenters. The molecule has 0 spiro atoms. The van der Waals surface area contributed by atoms with Gasteiger partial charge in [-0.25, -0.2) is 0 Å². The highest BCUT2D eigenvalue weighted by molar-refractivity contribution is 14.0. The third kappa shape index (κ3) is 15.9. The fraction of sp³-hybridized carbons (Fsp3) is 0.947. The first kappa shape index (κ1) is 27.1. The van der Waals surface area contributed by atoms with E-state index in [4.69, 9.17) is 4.74 Å². The highest BCUT2D eigenvalue weighted by Crippen LogP contribution is 2.21. The van der Waals surface area contributed by atoms with Crippen LogP contribution in [0.15, 0.2) is 4.99 Å². The summed E-state index contributed by atoms with van der Waals surface area (Å²) < 4.78 is 5.57. The highest BCUT2D eigenvalue weighted by atomic mass is 127. The molecule has 5 nitrogen and oxygen atoms in total. The Hall–Kier alpha value is -0.0800. The molecule has 0 radical (unpaired) electrons. The molecule has 0 aromatic rings. The molecular weight excluding hydrogens is 427 g/mol. The van der Waals surface area contributed by atoms with Crippen molar-refractivity contribution in [3.8, 4) is 0 Å². The van der Waals surface area contributed by atoms with E-state index in [-0.39, 0.29) is 35.5 Å². The van der Waals surface area contributed by atoms with Crippen molar-refractivity contribution in [2.75, 3.05) is 47.4 Å². The van der Waals surface area contributed by atoms with E-state index < -0.39 is 0 Å². The molecule has 6 heteroatoms. The van der Waals surface area contributed by atoms with Crippen LogP contribution in [0.4, 0.5) is 0 Å². The Balaban J connectivity index is 0. The summed E-state index contributed by atoms with van der Waals surface area (Å²) in [5.74, 6) is 0.899. The van der Waals surface area contributed by atoms with Gasteiger partial charge in [0.15, 0.2) is 5.96 Å². The molecule has 0 bridgehead atoms. The second kappa shape index (κ2) is 16.1. The Morgan fingerprint density at radius 1 is 1.04 bits per heavy atom. The molecule has 0 rings (SSSR count). The van der Waals surface area contributed by atoms with Gasteiger partial charge in [0.1, 0.15) is 0 Å². The highest BCUT2D eigenvalue weighted by Gasteiger charge is 2.23. The van der Waals surface area contributed by atoms with Crippen LogP contribution in [0.25, 0.3) is 0 Å². The van der Waals surface area contributed by atoms with Gasteiger partial charge in [-0.05, 0) is 45.8 Å². The summed E-state index contributed by atoms with van der Waals surface area (Å²) in [5, 5.41) is 6.75. The Morgan fingerprint density at radius 2 is 1.64 bits per heavy atom. The van der Waals surface area contributed by atoms with E-state index in [1.165, 1.54) is 38.6 Å². The van der Waals surface area contributed by atoms with Gasteiger partial charge in [-0.3, -0.25) is 4.99 Å². The van der Waals surface area contributed by atoms with Gasteiger partial charge in [0.05, 0.1) is 12.6 Å². The quantitative estimate of drug-likeness (QED) is 0.198. The van der Waals surface area contributed by atoms with Crippen molar-refractivity contribution < 1.29 is 4.74 Å². The van der Waals surface area contributed by atoms with Gasteiger partial charge >= 0.3 is 0 Å². The molecule has 0 aromatic carbocycles. The van der Waals surface area contributed by atoms with Crippen LogP contribution in [0.3, 0.4) is 0 Å². The lowest BCUT2D eigenvalue weighted by Gasteiger charge is -2.28. The van der Waals surface area contributed by atoms with Crippen molar-refractivity contribution in [1.82, 2.24) is 15.5 Å². The van der Waals surface area contributed by atoms with Crippen molar-refractivity contribution >= 4 is 29.9 Å². The van der Waals surface area contributed by atoms with Crippen molar-refractivity contribution in [1.29, 1.82) is 0 Å². The van der Waals surface area contributed by atoms with Crippen LogP contribution in [-0.2, 0) is 4.74 Å². The number of ether oxygens (including phenoxy) is 1. The van der Waals surface area contributed by atoms with Crippen LogP contribution in [-0.4, -0.2) is 64.3 Å².